The second-order valence-corrected chi connectivity index (χ2v) is 15.2. The number of benzene rings is 3. The van der Waals surface area contributed by atoms with Crippen molar-refractivity contribution in [2.75, 3.05) is 44.1 Å². The Morgan fingerprint density at radius 2 is 1.69 bits per heavy atom. The number of hydrogen-bond acceptors (Lipinski definition) is 11. The van der Waals surface area contributed by atoms with Gasteiger partial charge in [0.1, 0.15) is 11.5 Å². The lowest BCUT2D eigenvalue weighted by atomic mass is 9.64. The Labute approximate surface area is 297 Å². The minimum Gasteiger partial charge on any atom is -0.511 e. The van der Waals surface area contributed by atoms with Gasteiger partial charge in [0.25, 0.3) is 0 Å². The summed E-state index contributed by atoms with van der Waals surface area (Å²) in [5.41, 5.74) is 8.90. The van der Waals surface area contributed by atoms with E-state index in [1.54, 1.807) is 38.1 Å². The number of nitrogens with zero attached hydrogens (tertiary/aromatic N) is 1. The topological polar surface area (TPSA) is 189 Å². The predicted octanol–water partition coefficient (Wildman–Crippen LogP) is 6.13. The van der Waals surface area contributed by atoms with Gasteiger partial charge >= 0.3 is 7.60 Å². The first-order valence-electron chi connectivity index (χ1n) is 17.1. The van der Waals surface area contributed by atoms with E-state index in [0.717, 1.165) is 0 Å². The number of nitrogens with two attached hydrogens (primary N) is 1. The Hall–Kier alpha value is -4.48. The summed E-state index contributed by atoms with van der Waals surface area (Å²) in [6, 6.07) is 18.1. The van der Waals surface area contributed by atoms with Crippen LogP contribution in [-0.2, 0) is 29.6 Å². The number of Topliss-reactive ketones (excluding diaryl/α,β-unsaturated/α-hetero) is 2. The molecule has 3 aromatic carbocycles. The fourth-order valence-electron chi connectivity index (χ4n) is 7.43. The summed E-state index contributed by atoms with van der Waals surface area (Å²) in [6.45, 7) is 3.58. The Balaban J connectivity index is 1.60. The number of aliphatic hydroxyl groups excluding tert-OH is 2. The molecule has 272 valence electrons. The third kappa shape index (κ3) is 7.60. The number of rotatable bonds is 15. The molecular weight excluding hydrogens is 673 g/mol. The highest BCUT2D eigenvalue weighted by Gasteiger charge is 2.47. The number of phenolic OH excluding ortho intramolecular Hbond substituents is 1. The molecule has 0 fully saturated rings. The fraction of sp³-hybridized carbons (Fsp3) is 0.395. The number of primary amides is 1. The number of allylic oxidation sites excluding steroid dienone is 2. The molecule has 0 radical (unpaired) electrons. The number of fused-ring (bicyclic) bond motifs is 2. The fourth-order valence-corrected chi connectivity index (χ4v) is 9.37. The van der Waals surface area contributed by atoms with Crippen molar-refractivity contribution in [1.82, 2.24) is 0 Å². The van der Waals surface area contributed by atoms with Crippen molar-refractivity contribution in [3.05, 3.63) is 88.7 Å². The number of anilines is 2. The molecule has 0 spiro atoms. The number of hydrogen-bond donors (Lipinski definition) is 5. The average Bonchev–Trinajstić information content (AvgIpc) is 3.07. The summed E-state index contributed by atoms with van der Waals surface area (Å²) < 4.78 is 25.5. The van der Waals surface area contributed by atoms with Crippen LogP contribution in [0.1, 0.15) is 60.4 Å². The van der Waals surface area contributed by atoms with Crippen molar-refractivity contribution in [3.63, 3.8) is 0 Å². The largest absolute Gasteiger partial charge is 0.511 e. The number of carbonyl (C=O) groups excluding carboxylic acids is 3. The number of nitrogens with one attached hydrogen (secondary N) is 1. The Kier molecular flexibility index (Phi) is 11.7. The quantitative estimate of drug-likeness (QED) is 0.0898. The van der Waals surface area contributed by atoms with Crippen molar-refractivity contribution in [3.8, 4) is 16.9 Å². The van der Waals surface area contributed by atoms with Gasteiger partial charge in [-0.25, -0.2) is 0 Å². The molecular formula is C38H46N3O9P. The Morgan fingerprint density at radius 3 is 2.25 bits per heavy atom. The van der Waals surface area contributed by atoms with E-state index in [-0.39, 0.29) is 43.1 Å². The second-order valence-electron chi connectivity index (χ2n) is 13.1. The molecule has 0 heterocycles. The average molecular weight is 720 g/mol. The second kappa shape index (κ2) is 15.8. The standard InChI is InChI=1S/C38H46N3O9P/c1-5-49-51(48,50-6-2)38(40-26-10-8-7-9-11-26)23-14-12-22(13-15-23)27-20-29(41(3)4)28-19-25-18-24(16-17-42)32(30(43)21-31(39)44)36(46)33(25)37(47)34(28)35(27)45/h7-15,20,24-25,32,38,40,42,45-46H,5-6,16-19,21H2,1-4H3,(H2,39,44). The first-order valence-corrected chi connectivity index (χ1v) is 18.7. The molecule has 4 atom stereocenters. The zero-order chi connectivity index (χ0) is 37.0. The van der Waals surface area contributed by atoms with Crippen LogP contribution in [0.2, 0.25) is 0 Å². The summed E-state index contributed by atoms with van der Waals surface area (Å²) in [5, 5.41) is 36.4. The van der Waals surface area contributed by atoms with E-state index < -0.39 is 60.8 Å². The van der Waals surface area contributed by atoms with Crippen LogP contribution in [0, 0.1) is 17.8 Å². The van der Waals surface area contributed by atoms with Gasteiger partial charge in [-0.3, -0.25) is 18.9 Å². The molecule has 0 aromatic heterocycles. The maximum Gasteiger partial charge on any atom is 0.357 e. The van der Waals surface area contributed by atoms with Crippen molar-refractivity contribution >= 4 is 36.4 Å². The number of aliphatic hydroxyl groups is 2. The summed E-state index contributed by atoms with van der Waals surface area (Å²) in [6.07, 6.45) is 0.206. The normalized spacial score (nSPS) is 19.2. The highest BCUT2D eigenvalue weighted by Crippen LogP contribution is 2.61. The van der Waals surface area contributed by atoms with E-state index >= 15 is 0 Å². The summed E-state index contributed by atoms with van der Waals surface area (Å²) >= 11 is 0. The van der Waals surface area contributed by atoms with Crippen LogP contribution in [0.15, 0.2) is 72.0 Å². The van der Waals surface area contributed by atoms with Crippen LogP contribution >= 0.6 is 7.60 Å². The van der Waals surface area contributed by atoms with Crippen LogP contribution in [0.3, 0.4) is 0 Å². The lowest BCUT2D eigenvalue weighted by Crippen LogP contribution is -2.40. The minimum absolute atomic E-state index is 0.0283. The number of carbonyl (C=O) groups is 3. The van der Waals surface area contributed by atoms with Gasteiger partial charge in [0.2, 0.25) is 5.91 Å². The zero-order valence-electron chi connectivity index (χ0n) is 29.3. The molecule has 13 heteroatoms. The number of phenols is 1. The molecule has 1 amide bonds. The molecule has 0 saturated carbocycles. The molecule has 2 aliphatic carbocycles. The SMILES string of the molecule is CCOP(=O)(OCC)C(Nc1ccccc1)c1ccc(-c2cc(N(C)C)c3c(c2O)C(=O)C2=C(O)C(C(=O)CC(N)=O)C(CCO)CC2C3)cc1. The molecule has 12 nitrogen and oxygen atoms in total. The molecule has 0 aliphatic heterocycles. The monoisotopic (exact) mass is 719 g/mol. The third-order valence-electron chi connectivity index (χ3n) is 9.57. The first kappa shape index (κ1) is 37.8. The van der Waals surface area contributed by atoms with Gasteiger partial charge in [0.05, 0.1) is 31.1 Å². The molecule has 5 rings (SSSR count). The molecule has 4 unspecified atom stereocenters. The highest BCUT2D eigenvalue weighted by molar-refractivity contribution is 7.54. The number of para-hydroxylation sites is 1. The minimum atomic E-state index is -3.71. The van der Waals surface area contributed by atoms with Crippen molar-refractivity contribution in [2.24, 2.45) is 23.5 Å². The van der Waals surface area contributed by atoms with E-state index in [0.29, 0.717) is 46.5 Å². The van der Waals surface area contributed by atoms with E-state index in [1.807, 2.05) is 55.4 Å². The van der Waals surface area contributed by atoms with Crippen LogP contribution < -0.4 is 16.0 Å². The van der Waals surface area contributed by atoms with Crippen LogP contribution in [0.25, 0.3) is 11.1 Å². The van der Waals surface area contributed by atoms with Crippen LogP contribution in [0.5, 0.6) is 5.75 Å². The third-order valence-corrected chi connectivity index (χ3v) is 11.9. The smallest absolute Gasteiger partial charge is 0.357 e. The first-order chi connectivity index (χ1) is 24.3. The summed E-state index contributed by atoms with van der Waals surface area (Å²) in [7, 11) is -0.0457. The van der Waals surface area contributed by atoms with Gasteiger partial charge in [-0.15, -0.1) is 0 Å². The van der Waals surface area contributed by atoms with E-state index in [2.05, 4.69) is 5.32 Å². The Morgan fingerprint density at radius 1 is 1.04 bits per heavy atom. The van der Waals surface area contributed by atoms with Crippen LogP contribution in [-0.4, -0.2) is 66.7 Å². The number of aromatic hydroxyl groups is 1. The molecule has 2 aliphatic rings. The van der Waals surface area contributed by atoms with E-state index in [9.17, 15) is 34.3 Å². The van der Waals surface area contributed by atoms with E-state index in [4.69, 9.17) is 14.8 Å². The highest BCUT2D eigenvalue weighted by atomic mass is 31.2. The number of ketones is 2. The molecule has 6 N–H and O–H groups in total. The van der Waals surface area contributed by atoms with Gasteiger partial charge < -0.3 is 40.3 Å². The molecule has 51 heavy (non-hydrogen) atoms. The van der Waals surface area contributed by atoms with Gasteiger partial charge in [-0.05, 0) is 79.8 Å². The summed E-state index contributed by atoms with van der Waals surface area (Å²) in [4.78, 5) is 40.9. The molecule has 0 bridgehead atoms. The maximum absolute atomic E-state index is 14.3. The van der Waals surface area contributed by atoms with Crippen molar-refractivity contribution in [2.45, 2.75) is 45.3 Å². The van der Waals surface area contributed by atoms with Crippen LogP contribution in [0.4, 0.5) is 11.4 Å². The van der Waals surface area contributed by atoms with Gasteiger partial charge in [-0.1, -0.05) is 42.5 Å². The molecule has 0 saturated heterocycles. The summed E-state index contributed by atoms with van der Waals surface area (Å²) in [5.74, 6) is -5.78. The lowest BCUT2D eigenvalue weighted by molar-refractivity contribution is -0.130. The Bertz CT molecular complexity index is 1850. The van der Waals surface area contributed by atoms with E-state index in [1.165, 1.54) is 0 Å². The zero-order valence-corrected chi connectivity index (χ0v) is 30.2. The lowest BCUT2D eigenvalue weighted by Gasteiger charge is -2.40. The predicted molar refractivity (Wildman–Crippen MR) is 195 cm³/mol. The van der Waals surface area contributed by atoms with Gasteiger partial charge in [0, 0.05) is 43.2 Å². The van der Waals surface area contributed by atoms with Crippen molar-refractivity contribution < 1.29 is 43.3 Å². The van der Waals surface area contributed by atoms with Crippen molar-refractivity contribution in [1.29, 1.82) is 0 Å². The maximum atomic E-state index is 14.3. The molecule has 3 aromatic rings. The number of amides is 1. The van der Waals surface area contributed by atoms with Gasteiger partial charge in [0.15, 0.2) is 17.3 Å². The van der Waals surface area contributed by atoms with Gasteiger partial charge in [-0.2, -0.15) is 0 Å².